The number of fused-ring (bicyclic) bond motifs is 1. The third-order valence-electron chi connectivity index (χ3n) is 3.12. The van der Waals surface area contributed by atoms with Crippen molar-refractivity contribution in [1.82, 2.24) is 20.6 Å². The molecule has 1 atom stereocenters. The molecular weight excluding hydrogens is 244 g/mol. The number of carbonyl (C=O) groups excluding carboxylic acids is 1. The van der Waals surface area contributed by atoms with Gasteiger partial charge >= 0.3 is 6.09 Å². The van der Waals surface area contributed by atoms with Crippen molar-refractivity contribution in [2.45, 2.75) is 51.7 Å². The van der Waals surface area contributed by atoms with E-state index in [9.17, 15) is 4.79 Å². The average Bonchev–Trinajstić information content (AvgIpc) is 2.67. The molecule has 19 heavy (non-hydrogen) atoms. The number of carbonyl (C=O) groups is 1. The maximum atomic E-state index is 11.6. The number of aromatic nitrogens is 2. The van der Waals surface area contributed by atoms with Crippen molar-refractivity contribution in [3.63, 3.8) is 0 Å². The molecule has 106 valence electrons. The Balaban J connectivity index is 1.93. The van der Waals surface area contributed by atoms with Crippen molar-refractivity contribution in [3.05, 3.63) is 17.5 Å². The van der Waals surface area contributed by atoms with E-state index in [4.69, 9.17) is 4.74 Å². The van der Waals surface area contributed by atoms with Crippen LogP contribution in [0.25, 0.3) is 0 Å². The molecule has 1 aromatic heterocycles. The van der Waals surface area contributed by atoms with Crippen LogP contribution in [-0.4, -0.2) is 21.5 Å². The van der Waals surface area contributed by atoms with Crippen LogP contribution in [0.4, 0.5) is 4.79 Å². The number of nitrogens with one attached hydrogen (secondary N) is 2. The summed E-state index contributed by atoms with van der Waals surface area (Å²) in [6.45, 7) is 5.52. The molecule has 1 heterocycles. The van der Waals surface area contributed by atoms with Crippen molar-refractivity contribution < 1.29 is 9.53 Å². The Bertz CT molecular complexity index is 462. The molecule has 0 spiro atoms. The molecule has 1 unspecified atom stereocenters. The predicted molar refractivity (Wildman–Crippen MR) is 71.4 cm³/mol. The van der Waals surface area contributed by atoms with Crippen LogP contribution in [0, 0.1) is 0 Å². The summed E-state index contributed by atoms with van der Waals surface area (Å²) in [7, 11) is 1.95. The van der Waals surface area contributed by atoms with Gasteiger partial charge in [-0.15, -0.1) is 0 Å². The molecule has 1 aliphatic rings. The van der Waals surface area contributed by atoms with Gasteiger partial charge in [0.2, 0.25) is 0 Å². The van der Waals surface area contributed by atoms with Crippen molar-refractivity contribution in [2.24, 2.45) is 7.05 Å². The summed E-state index contributed by atoms with van der Waals surface area (Å²) in [5, 5.41) is 4.27. The fourth-order valence-electron chi connectivity index (χ4n) is 2.31. The molecule has 1 aromatic rings. The summed E-state index contributed by atoms with van der Waals surface area (Å²) in [4.78, 5) is 11.6. The Morgan fingerprint density at radius 1 is 1.53 bits per heavy atom. The molecule has 0 fully saturated rings. The number of hydrogen-bond donors (Lipinski definition) is 2. The zero-order valence-corrected chi connectivity index (χ0v) is 12.0. The number of hydrogen-bond acceptors (Lipinski definition) is 4. The highest BCUT2D eigenvalue weighted by Crippen LogP contribution is 2.28. The van der Waals surface area contributed by atoms with Crippen LogP contribution < -0.4 is 10.9 Å². The molecule has 0 radical (unpaired) electrons. The maximum Gasteiger partial charge on any atom is 0.422 e. The monoisotopic (exact) mass is 266 g/mol. The Hall–Kier alpha value is -1.56. The van der Waals surface area contributed by atoms with E-state index in [1.54, 1.807) is 0 Å². The Kier molecular flexibility index (Phi) is 3.80. The average molecular weight is 266 g/mol. The van der Waals surface area contributed by atoms with E-state index in [0.29, 0.717) is 0 Å². The molecule has 0 bridgehead atoms. The second-order valence-electron chi connectivity index (χ2n) is 5.89. The first kappa shape index (κ1) is 13.9. The lowest BCUT2D eigenvalue weighted by Crippen LogP contribution is -2.43. The topological polar surface area (TPSA) is 68.2 Å². The van der Waals surface area contributed by atoms with Gasteiger partial charge < -0.3 is 4.74 Å². The second-order valence-corrected chi connectivity index (χ2v) is 5.89. The van der Waals surface area contributed by atoms with E-state index >= 15 is 0 Å². The minimum Gasteiger partial charge on any atom is -0.443 e. The van der Waals surface area contributed by atoms with Crippen LogP contribution in [0.3, 0.4) is 0 Å². The Morgan fingerprint density at radius 3 is 2.95 bits per heavy atom. The molecule has 6 heteroatoms. The fraction of sp³-hybridized carbons (Fsp3) is 0.692. The summed E-state index contributed by atoms with van der Waals surface area (Å²) in [5.41, 5.74) is 7.55. The maximum absolute atomic E-state index is 11.6. The molecule has 0 saturated heterocycles. The summed E-state index contributed by atoms with van der Waals surface area (Å²) < 4.78 is 7.09. The van der Waals surface area contributed by atoms with Crippen LogP contribution in [0.15, 0.2) is 6.20 Å². The van der Waals surface area contributed by atoms with Crippen LogP contribution in [-0.2, 0) is 18.2 Å². The largest absolute Gasteiger partial charge is 0.443 e. The van der Waals surface area contributed by atoms with Gasteiger partial charge in [-0.2, -0.15) is 5.10 Å². The van der Waals surface area contributed by atoms with E-state index in [2.05, 4.69) is 16.0 Å². The Labute approximate surface area is 113 Å². The normalized spacial score (nSPS) is 18.8. The lowest BCUT2D eigenvalue weighted by atomic mass is 9.93. The molecule has 0 saturated carbocycles. The van der Waals surface area contributed by atoms with Crippen LogP contribution in [0.1, 0.15) is 50.9 Å². The predicted octanol–water partition coefficient (Wildman–Crippen LogP) is 1.83. The number of aryl methyl sites for hydroxylation is 1. The zero-order valence-electron chi connectivity index (χ0n) is 12.0. The summed E-state index contributed by atoms with van der Waals surface area (Å²) >= 11 is 0. The molecule has 0 aliphatic heterocycles. The standard InChI is InChI=1S/C13H22N4O2/c1-13(2,3)19-12(18)16-15-10-6-5-7-11-9(10)8-14-17(11)4/h8,10,15H,5-7H2,1-4H3,(H,16,18). The lowest BCUT2D eigenvalue weighted by molar-refractivity contribution is 0.0485. The van der Waals surface area contributed by atoms with Crippen LogP contribution >= 0.6 is 0 Å². The van der Waals surface area contributed by atoms with Gasteiger partial charge in [0, 0.05) is 18.3 Å². The SMILES string of the molecule is Cn1ncc2c1CCCC2NNC(=O)OC(C)(C)C. The zero-order chi connectivity index (χ0) is 14.0. The van der Waals surface area contributed by atoms with Gasteiger partial charge in [-0.3, -0.25) is 10.1 Å². The van der Waals surface area contributed by atoms with Gasteiger partial charge in [-0.25, -0.2) is 10.2 Å². The highest BCUT2D eigenvalue weighted by Gasteiger charge is 2.24. The minimum absolute atomic E-state index is 0.102. The third-order valence-corrected chi connectivity index (χ3v) is 3.12. The van der Waals surface area contributed by atoms with E-state index in [0.717, 1.165) is 24.8 Å². The van der Waals surface area contributed by atoms with Gasteiger partial charge in [-0.05, 0) is 40.0 Å². The molecule has 1 amide bonds. The summed E-state index contributed by atoms with van der Waals surface area (Å²) in [6.07, 6.45) is 4.51. The van der Waals surface area contributed by atoms with Crippen molar-refractivity contribution in [3.8, 4) is 0 Å². The van der Waals surface area contributed by atoms with E-state index in [1.165, 1.54) is 5.69 Å². The summed E-state index contributed by atoms with van der Waals surface area (Å²) in [5.74, 6) is 0. The van der Waals surface area contributed by atoms with Gasteiger partial charge in [0.15, 0.2) is 0 Å². The van der Waals surface area contributed by atoms with Gasteiger partial charge in [0.25, 0.3) is 0 Å². The van der Waals surface area contributed by atoms with Crippen molar-refractivity contribution in [2.75, 3.05) is 0 Å². The molecule has 0 aromatic carbocycles. The fourth-order valence-corrected chi connectivity index (χ4v) is 2.31. The number of rotatable bonds is 2. The minimum atomic E-state index is -0.488. The molecule has 2 N–H and O–H groups in total. The third kappa shape index (κ3) is 3.47. The van der Waals surface area contributed by atoms with E-state index in [-0.39, 0.29) is 6.04 Å². The van der Waals surface area contributed by atoms with Gasteiger partial charge in [0.1, 0.15) is 5.60 Å². The summed E-state index contributed by atoms with van der Waals surface area (Å²) in [6, 6.07) is 0.102. The van der Waals surface area contributed by atoms with Crippen LogP contribution in [0.2, 0.25) is 0 Å². The molecule has 1 aliphatic carbocycles. The highest BCUT2D eigenvalue weighted by molar-refractivity contribution is 5.67. The first-order chi connectivity index (χ1) is 8.87. The van der Waals surface area contributed by atoms with E-state index < -0.39 is 11.7 Å². The van der Waals surface area contributed by atoms with Gasteiger partial charge in [0.05, 0.1) is 12.2 Å². The second kappa shape index (κ2) is 5.21. The first-order valence-electron chi connectivity index (χ1n) is 6.62. The van der Waals surface area contributed by atoms with Crippen LogP contribution in [0.5, 0.6) is 0 Å². The quantitative estimate of drug-likeness (QED) is 0.801. The van der Waals surface area contributed by atoms with Gasteiger partial charge in [-0.1, -0.05) is 0 Å². The number of hydrazine groups is 1. The highest BCUT2D eigenvalue weighted by atomic mass is 16.6. The van der Waals surface area contributed by atoms with Crippen molar-refractivity contribution >= 4 is 6.09 Å². The molecule has 6 nitrogen and oxygen atoms in total. The van der Waals surface area contributed by atoms with Crippen molar-refractivity contribution in [1.29, 1.82) is 0 Å². The Morgan fingerprint density at radius 2 is 2.26 bits per heavy atom. The molecular formula is C13H22N4O2. The lowest BCUT2D eigenvalue weighted by Gasteiger charge is -2.25. The van der Waals surface area contributed by atoms with E-state index in [1.807, 2.05) is 38.7 Å². The number of ether oxygens (including phenoxy) is 1. The smallest absolute Gasteiger partial charge is 0.422 e. The molecule has 2 rings (SSSR count). The number of amides is 1. The first-order valence-corrected chi connectivity index (χ1v) is 6.62. The number of nitrogens with zero attached hydrogens (tertiary/aromatic N) is 2.